The molecule has 1 heterocycles. The third-order valence-corrected chi connectivity index (χ3v) is 10.2. The second-order valence-electron chi connectivity index (χ2n) is 13.0. The van der Waals surface area contributed by atoms with E-state index in [1.165, 1.54) is 18.2 Å². The number of nitrogens with one attached hydrogen (secondary N) is 2. The van der Waals surface area contributed by atoms with Crippen LogP contribution >= 0.6 is 0 Å². The number of fused-ring (bicyclic) bond motifs is 1. The van der Waals surface area contributed by atoms with Crippen LogP contribution in [0.15, 0.2) is 71.6 Å². The first-order valence-electron chi connectivity index (χ1n) is 16.9. The molecule has 3 N–H and O–H groups in total. The maximum absolute atomic E-state index is 14.4. The zero-order chi connectivity index (χ0) is 36.4. The summed E-state index contributed by atoms with van der Waals surface area (Å²) in [4.78, 5) is 30.8. The number of hydrogen-bond acceptors (Lipinski definition) is 8. The molecule has 4 rings (SSSR count). The maximum atomic E-state index is 14.4. The summed E-state index contributed by atoms with van der Waals surface area (Å²) in [6.07, 6.45) is 1.58. The van der Waals surface area contributed by atoms with Crippen molar-refractivity contribution >= 4 is 33.3 Å². The van der Waals surface area contributed by atoms with Crippen LogP contribution < -0.4 is 19.5 Å². The van der Waals surface area contributed by atoms with Crippen molar-refractivity contribution in [3.05, 3.63) is 77.9 Å². The van der Waals surface area contributed by atoms with E-state index in [0.717, 1.165) is 18.4 Å². The van der Waals surface area contributed by atoms with E-state index >= 15 is 0 Å². The number of nitrogens with zero attached hydrogens (tertiary/aromatic N) is 2. The number of hydrogen-bond donors (Lipinski definition) is 3. The number of carbonyl (C=O) groups is 2. The van der Waals surface area contributed by atoms with Crippen LogP contribution in [0.4, 0.5) is 16.2 Å². The van der Waals surface area contributed by atoms with Gasteiger partial charge in [-0.25, -0.2) is 13.2 Å². The molecule has 3 amide bonds. The minimum Gasteiger partial charge on any atom is -0.497 e. The van der Waals surface area contributed by atoms with E-state index in [1.807, 2.05) is 20.8 Å². The normalized spacial score (nSPS) is 19.7. The van der Waals surface area contributed by atoms with Crippen LogP contribution in [-0.4, -0.2) is 94.0 Å². The predicted molar refractivity (Wildman–Crippen MR) is 194 cm³/mol. The molecule has 0 aliphatic carbocycles. The molecular formula is C37H50N4O8S. The molecule has 0 radical (unpaired) electrons. The Balaban J connectivity index is 1.61. The van der Waals surface area contributed by atoms with Crippen LogP contribution in [0, 0.1) is 12.8 Å². The Morgan fingerprint density at radius 2 is 1.74 bits per heavy atom. The van der Waals surface area contributed by atoms with Crippen molar-refractivity contribution < 1.29 is 37.3 Å². The lowest BCUT2D eigenvalue weighted by atomic mass is 10.0. The first kappa shape index (κ1) is 38.5. The molecule has 272 valence electrons. The molecule has 0 fully saturated rings. The molecule has 0 aromatic heterocycles. The van der Waals surface area contributed by atoms with Gasteiger partial charge in [-0.15, -0.1) is 0 Å². The van der Waals surface area contributed by atoms with Gasteiger partial charge < -0.3 is 34.4 Å². The number of ether oxygens (including phenoxy) is 3. The molecule has 12 nitrogen and oxygen atoms in total. The monoisotopic (exact) mass is 710 g/mol. The number of amides is 3. The lowest BCUT2D eigenvalue weighted by Crippen LogP contribution is -2.48. The van der Waals surface area contributed by atoms with Crippen molar-refractivity contribution in [2.45, 2.75) is 70.1 Å². The molecule has 0 saturated heterocycles. The van der Waals surface area contributed by atoms with E-state index in [0.29, 0.717) is 30.2 Å². The molecule has 50 heavy (non-hydrogen) atoms. The molecule has 1 aliphatic rings. The summed E-state index contributed by atoms with van der Waals surface area (Å²) in [5.41, 5.74) is 1.91. The van der Waals surface area contributed by atoms with Crippen LogP contribution in [0.25, 0.3) is 0 Å². The number of sulfonamides is 1. The lowest BCUT2D eigenvalue weighted by Gasteiger charge is -2.35. The number of anilines is 2. The van der Waals surface area contributed by atoms with Crippen LogP contribution in [0.1, 0.15) is 56.0 Å². The van der Waals surface area contributed by atoms with Crippen molar-refractivity contribution in [1.29, 1.82) is 0 Å². The number of benzene rings is 3. The average molecular weight is 711 g/mol. The highest BCUT2D eigenvalue weighted by molar-refractivity contribution is 7.92. The fraction of sp³-hybridized carbons (Fsp3) is 0.459. The van der Waals surface area contributed by atoms with E-state index in [-0.39, 0.29) is 53.9 Å². The van der Waals surface area contributed by atoms with Gasteiger partial charge in [0.25, 0.3) is 15.9 Å². The van der Waals surface area contributed by atoms with Gasteiger partial charge in [-0.3, -0.25) is 9.52 Å². The highest BCUT2D eigenvalue weighted by Gasteiger charge is 2.31. The summed E-state index contributed by atoms with van der Waals surface area (Å²) in [5, 5.41) is 13.1. The average Bonchev–Trinajstić information content (AvgIpc) is 3.09. The molecule has 13 heteroatoms. The maximum Gasteiger partial charge on any atom is 0.321 e. The second kappa shape index (κ2) is 17.6. The number of methoxy groups -OCH3 is 1. The lowest BCUT2D eigenvalue weighted by molar-refractivity contribution is -0.0115. The van der Waals surface area contributed by atoms with Crippen LogP contribution in [0.3, 0.4) is 0 Å². The molecule has 4 atom stereocenters. The van der Waals surface area contributed by atoms with Gasteiger partial charge in [-0.1, -0.05) is 24.6 Å². The van der Waals surface area contributed by atoms with Crippen molar-refractivity contribution in [3.8, 4) is 11.5 Å². The number of aryl methyl sites for hydroxylation is 1. The van der Waals surface area contributed by atoms with Crippen LogP contribution in [0.2, 0.25) is 0 Å². The SMILES string of the molecule is COc1ccc(NC(=O)N(C)C[C@H]2OCCCC[C@H](C)Oc3ccc(NS(=O)(=O)c4ccc(C)cc4)cc3C(=O)N([C@H](C)CO)C[C@@H]2C)cc1. The molecule has 0 bridgehead atoms. The van der Waals surface area contributed by atoms with Crippen molar-refractivity contribution in [2.75, 3.05) is 50.5 Å². The predicted octanol–water partition coefficient (Wildman–Crippen LogP) is 5.76. The van der Waals surface area contributed by atoms with Crippen LogP contribution in [-0.2, 0) is 14.8 Å². The molecular weight excluding hydrogens is 660 g/mol. The third kappa shape index (κ3) is 10.3. The Bertz CT molecular complexity index is 1680. The smallest absolute Gasteiger partial charge is 0.321 e. The van der Waals surface area contributed by atoms with Crippen molar-refractivity contribution in [2.24, 2.45) is 5.92 Å². The number of aliphatic hydroxyl groups is 1. The minimum absolute atomic E-state index is 0.0948. The Morgan fingerprint density at radius 3 is 2.40 bits per heavy atom. The van der Waals surface area contributed by atoms with Gasteiger partial charge in [-0.05, 0) is 94.6 Å². The number of urea groups is 1. The zero-order valence-electron chi connectivity index (χ0n) is 29.7. The van der Waals surface area contributed by atoms with Crippen LogP contribution in [0.5, 0.6) is 11.5 Å². The highest BCUT2D eigenvalue weighted by atomic mass is 32.2. The first-order valence-corrected chi connectivity index (χ1v) is 18.4. The molecule has 0 unspecified atom stereocenters. The Kier molecular flexibility index (Phi) is 13.5. The number of aliphatic hydroxyl groups excluding tert-OH is 1. The van der Waals surface area contributed by atoms with E-state index in [2.05, 4.69) is 10.0 Å². The second-order valence-corrected chi connectivity index (χ2v) is 14.7. The molecule has 3 aromatic rings. The van der Waals surface area contributed by atoms with Crippen molar-refractivity contribution in [3.63, 3.8) is 0 Å². The fourth-order valence-electron chi connectivity index (χ4n) is 5.63. The summed E-state index contributed by atoms with van der Waals surface area (Å²) < 4.78 is 46.9. The van der Waals surface area contributed by atoms with E-state index in [4.69, 9.17) is 14.2 Å². The Labute approximate surface area is 295 Å². The number of rotatable bonds is 9. The molecule has 3 aromatic carbocycles. The Morgan fingerprint density at radius 1 is 1.06 bits per heavy atom. The van der Waals surface area contributed by atoms with Gasteiger partial charge in [0, 0.05) is 44.0 Å². The number of likely N-dealkylation sites (N-methyl/N-ethyl adjacent to an activating group) is 1. The summed E-state index contributed by atoms with van der Waals surface area (Å²) in [5.74, 6) is 0.304. The highest BCUT2D eigenvalue weighted by Crippen LogP contribution is 2.30. The third-order valence-electron chi connectivity index (χ3n) is 8.78. The molecule has 0 saturated carbocycles. The summed E-state index contributed by atoms with van der Waals surface area (Å²) in [7, 11) is -0.677. The van der Waals surface area contributed by atoms with Crippen molar-refractivity contribution in [1.82, 2.24) is 9.80 Å². The van der Waals surface area contributed by atoms with Gasteiger partial charge in [0.1, 0.15) is 11.5 Å². The van der Waals surface area contributed by atoms with E-state index in [9.17, 15) is 23.1 Å². The van der Waals surface area contributed by atoms with Gasteiger partial charge in [0.2, 0.25) is 0 Å². The topological polar surface area (TPSA) is 147 Å². The molecule has 0 spiro atoms. The fourth-order valence-corrected chi connectivity index (χ4v) is 6.68. The van der Waals surface area contributed by atoms with Gasteiger partial charge in [-0.2, -0.15) is 0 Å². The van der Waals surface area contributed by atoms with Gasteiger partial charge in [0.15, 0.2) is 0 Å². The zero-order valence-corrected chi connectivity index (χ0v) is 30.5. The summed E-state index contributed by atoms with van der Waals surface area (Å²) >= 11 is 0. The Hall–Kier alpha value is -4.33. The summed E-state index contributed by atoms with van der Waals surface area (Å²) in [6.45, 7) is 8.07. The quantitative estimate of drug-likeness (QED) is 0.254. The van der Waals surface area contributed by atoms with Gasteiger partial charge >= 0.3 is 6.03 Å². The molecule has 1 aliphatic heterocycles. The first-order chi connectivity index (χ1) is 23.8. The minimum atomic E-state index is -3.94. The standard InChI is InChI=1S/C37H50N4O8S/c1-25-10-17-32(18-11-25)50(45,46)39-30-14-19-34-33(21-30)36(43)41(27(3)24-42)22-26(2)35(48-20-8-7-9-28(4)49-34)23-40(5)37(44)38-29-12-15-31(47-6)16-13-29/h10-19,21,26-28,35,39,42H,7-9,20,22-24H2,1-6H3,(H,38,44)/t26-,27+,28-,35+/m0/s1. The van der Waals surface area contributed by atoms with Gasteiger partial charge in [0.05, 0.1) is 42.4 Å². The number of carbonyl (C=O) groups excluding carboxylic acids is 2. The largest absolute Gasteiger partial charge is 0.497 e. The summed E-state index contributed by atoms with van der Waals surface area (Å²) in [6, 6.07) is 17.3. The van der Waals surface area contributed by atoms with E-state index < -0.39 is 28.1 Å². The van der Waals surface area contributed by atoms with E-state index in [1.54, 1.807) is 79.4 Å².